The van der Waals surface area contributed by atoms with Crippen molar-refractivity contribution in [2.75, 3.05) is 5.43 Å². The summed E-state index contributed by atoms with van der Waals surface area (Å²) >= 11 is 5.94. The molecule has 10 heteroatoms. The molecule has 0 unspecified atom stereocenters. The maximum Gasteiger partial charge on any atom is 0.332 e. The number of hydrogen-bond donors (Lipinski definition) is 2. The molecule has 0 saturated carbocycles. The molecule has 0 aliphatic heterocycles. The molecule has 0 spiro atoms. The fraction of sp³-hybridized carbons (Fsp3) is 0.222. The minimum atomic E-state index is -0.476. The highest BCUT2D eigenvalue weighted by Crippen LogP contribution is 2.17. The van der Waals surface area contributed by atoms with Gasteiger partial charge in [-0.25, -0.2) is 10.2 Å². The smallest absolute Gasteiger partial charge is 0.332 e. The summed E-state index contributed by atoms with van der Waals surface area (Å²) in [6, 6.07) is 6.72. The van der Waals surface area contributed by atoms with Gasteiger partial charge in [-0.15, -0.1) is 0 Å². The van der Waals surface area contributed by atoms with Crippen molar-refractivity contribution in [1.29, 1.82) is 0 Å². The summed E-state index contributed by atoms with van der Waals surface area (Å²) in [6.07, 6.45) is 3.14. The average molecular weight is 403 g/mol. The lowest BCUT2D eigenvalue weighted by Crippen LogP contribution is -2.37. The van der Waals surface area contributed by atoms with Crippen LogP contribution in [0.2, 0.25) is 0 Å². The van der Waals surface area contributed by atoms with Crippen LogP contribution >= 0.6 is 11.6 Å². The SMILES string of the molecule is C/C(Cl)=C/Cn1c(N/N=C/c2ccccc2O)nc2c1c(=O)n(C)c(=O)n2C. The second-order valence-electron chi connectivity index (χ2n) is 6.14. The third-order valence-corrected chi connectivity index (χ3v) is 4.36. The Morgan fingerprint density at radius 2 is 2.00 bits per heavy atom. The van der Waals surface area contributed by atoms with E-state index in [0.29, 0.717) is 10.6 Å². The Bertz CT molecular complexity index is 1210. The van der Waals surface area contributed by atoms with Gasteiger partial charge in [-0.1, -0.05) is 29.8 Å². The van der Waals surface area contributed by atoms with Crippen LogP contribution in [0.3, 0.4) is 0 Å². The van der Waals surface area contributed by atoms with E-state index in [4.69, 9.17) is 11.6 Å². The third kappa shape index (κ3) is 3.56. The monoisotopic (exact) mass is 402 g/mol. The molecule has 0 atom stereocenters. The third-order valence-electron chi connectivity index (χ3n) is 4.21. The molecule has 28 heavy (non-hydrogen) atoms. The minimum Gasteiger partial charge on any atom is -0.507 e. The number of phenolic OH excluding ortho intramolecular Hbond substituents is 1. The van der Waals surface area contributed by atoms with Gasteiger partial charge in [0.15, 0.2) is 11.2 Å². The molecule has 3 rings (SSSR count). The van der Waals surface area contributed by atoms with Gasteiger partial charge in [0.05, 0.1) is 6.21 Å². The van der Waals surface area contributed by atoms with E-state index in [0.717, 1.165) is 4.57 Å². The van der Waals surface area contributed by atoms with Gasteiger partial charge in [-0.05, 0) is 19.1 Å². The van der Waals surface area contributed by atoms with Crippen LogP contribution in [0.5, 0.6) is 5.75 Å². The standard InChI is InChI=1S/C18H19ClN6O3/c1-11(19)8-9-25-14-15(23(2)18(28)24(3)16(14)27)21-17(25)22-20-10-12-6-4-5-7-13(12)26/h4-8,10,26H,9H2,1-3H3,(H,21,22)/b11-8-,20-10+. The Hall–Kier alpha value is -3.33. The Morgan fingerprint density at radius 3 is 2.68 bits per heavy atom. The molecular formula is C18H19ClN6O3. The molecule has 3 aromatic rings. The number of phenols is 1. The highest BCUT2D eigenvalue weighted by molar-refractivity contribution is 6.29. The van der Waals surface area contributed by atoms with E-state index in [2.05, 4.69) is 15.5 Å². The second kappa shape index (κ2) is 7.73. The quantitative estimate of drug-likeness (QED) is 0.499. The van der Waals surface area contributed by atoms with Crippen molar-refractivity contribution in [2.45, 2.75) is 13.5 Å². The number of nitrogens with one attached hydrogen (secondary N) is 1. The normalized spacial score (nSPS) is 12.2. The maximum absolute atomic E-state index is 12.7. The summed E-state index contributed by atoms with van der Waals surface area (Å²) in [5.41, 5.74) is 2.82. The predicted octanol–water partition coefficient (Wildman–Crippen LogP) is 1.73. The van der Waals surface area contributed by atoms with E-state index < -0.39 is 11.2 Å². The lowest BCUT2D eigenvalue weighted by molar-refractivity contribution is 0.474. The van der Waals surface area contributed by atoms with Crippen LogP contribution in [-0.4, -0.2) is 30.0 Å². The fourth-order valence-corrected chi connectivity index (χ4v) is 2.75. The van der Waals surface area contributed by atoms with Crippen LogP contribution in [0.15, 0.2) is 50.1 Å². The topological polar surface area (TPSA) is 106 Å². The zero-order valence-electron chi connectivity index (χ0n) is 15.5. The van der Waals surface area contributed by atoms with Gasteiger partial charge in [-0.2, -0.15) is 10.1 Å². The number of nitrogens with zero attached hydrogens (tertiary/aromatic N) is 5. The Balaban J connectivity index is 2.12. The van der Waals surface area contributed by atoms with Crippen LogP contribution in [0, 0.1) is 0 Å². The van der Waals surface area contributed by atoms with Crippen molar-refractivity contribution < 1.29 is 5.11 Å². The molecule has 9 nitrogen and oxygen atoms in total. The number of rotatable bonds is 5. The summed E-state index contributed by atoms with van der Waals surface area (Å²) < 4.78 is 3.90. The molecule has 2 N–H and O–H groups in total. The predicted molar refractivity (Wildman–Crippen MR) is 109 cm³/mol. The highest BCUT2D eigenvalue weighted by atomic mass is 35.5. The van der Waals surface area contributed by atoms with Crippen molar-refractivity contribution >= 4 is 34.9 Å². The molecule has 2 heterocycles. The number of imidazole rings is 1. The zero-order chi connectivity index (χ0) is 20.4. The van der Waals surface area contributed by atoms with Crippen molar-refractivity contribution in [2.24, 2.45) is 19.2 Å². The van der Waals surface area contributed by atoms with Crippen LogP contribution in [0.1, 0.15) is 12.5 Å². The molecule has 1 aromatic carbocycles. The Morgan fingerprint density at radius 1 is 1.29 bits per heavy atom. The second-order valence-corrected chi connectivity index (χ2v) is 6.74. The fourth-order valence-electron chi connectivity index (χ4n) is 2.68. The highest BCUT2D eigenvalue weighted by Gasteiger charge is 2.18. The Kier molecular flexibility index (Phi) is 5.36. The van der Waals surface area contributed by atoms with E-state index in [9.17, 15) is 14.7 Å². The largest absolute Gasteiger partial charge is 0.507 e. The van der Waals surface area contributed by atoms with Crippen molar-refractivity contribution in [3.63, 3.8) is 0 Å². The summed E-state index contributed by atoms with van der Waals surface area (Å²) in [7, 11) is 2.95. The molecule has 0 saturated heterocycles. The van der Waals surface area contributed by atoms with E-state index in [1.165, 1.54) is 17.8 Å². The molecule has 0 amide bonds. The molecule has 0 aliphatic carbocycles. The summed E-state index contributed by atoms with van der Waals surface area (Å²) in [6.45, 7) is 1.98. The average Bonchev–Trinajstić information content (AvgIpc) is 3.03. The van der Waals surface area contributed by atoms with Crippen LogP contribution in [0.4, 0.5) is 5.95 Å². The van der Waals surface area contributed by atoms with Crippen LogP contribution in [0.25, 0.3) is 11.2 Å². The molecule has 0 aliphatic rings. The summed E-state index contributed by atoms with van der Waals surface area (Å²) in [4.78, 5) is 29.2. The van der Waals surface area contributed by atoms with Gasteiger partial charge < -0.3 is 5.11 Å². The molecule has 0 fully saturated rings. The number of fused-ring (bicyclic) bond motifs is 1. The van der Waals surface area contributed by atoms with Crippen LogP contribution in [-0.2, 0) is 20.6 Å². The van der Waals surface area contributed by atoms with Crippen LogP contribution < -0.4 is 16.7 Å². The number of aromatic nitrogens is 4. The number of anilines is 1. The van der Waals surface area contributed by atoms with Gasteiger partial charge in [0, 0.05) is 31.2 Å². The number of allylic oxidation sites excluding steroid dienone is 2. The minimum absolute atomic E-state index is 0.0820. The number of benzene rings is 1. The Labute approximate surface area is 164 Å². The van der Waals surface area contributed by atoms with E-state index in [-0.39, 0.29) is 29.4 Å². The first-order valence-corrected chi connectivity index (χ1v) is 8.74. The molecule has 0 bridgehead atoms. The number of hydrazone groups is 1. The van der Waals surface area contributed by atoms with Gasteiger partial charge in [0.1, 0.15) is 5.75 Å². The molecule has 146 valence electrons. The van der Waals surface area contributed by atoms with Crippen molar-refractivity contribution in [3.05, 3.63) is 61.8 Å². The van der Waals surface area contributed by atoms with Gasteiger partial charge in [0.2, 0.25) is 5.95 Å². The maximum atomic E-state index is 12.7. The first kappa shape index (κ1) is 19.4. The number of aryl methyl sites for hydroxylation is 1. The molecular weight excluding hydrogens is 384 g/mol. The number of halogens is 1. The summed E-state index contributed by atoms with van der Waals surface area (Å²) in [5.74, 6) is 0.340. The first-order valence-electron chi connectivity index (χ1n) is 8.37. The van der Waals surface area contributed by atoms with Gasteiger partial charge in [0.25, 0.3) is 5.56 Å². The van der Waals surface area contributed by atoms with Gasteiger partial charge in [-0.3, -0.25) is 18.5 Å². The number of hydrogen-bond acceptors (Lipinski definition) is 6. The zero-order valence-corrected chi connectivity index (χ0v) is 16.3. The van der Waals surface area contributed by atoms with Crippen molar-refractivity contribution in [3.8, 4) is 5.75 Å². The number of para-hydroxylation sites is 1. The lowest BCUT2D eigenvalue weighted by atomic mass is 10.2. The number of aromatic hydroxyl groups is 1. The van der Waals surface area contributed by atoms with E-state index in [1.807, 2.05) is 0 Å². The lowest BCUT2D eigenvalue weighted by Gasteiger charge is -2.07. The first-order chi connectivity index (χ1) is 13.3. The van der Waals surface area contributed by atoms with Gasteiger partial charge >= 0.3 is 5.69 Å². The van der Waals surface area contributed by atoms with Crippen molar-refractivity contribution in [1.82, 2.24) is 18.7 Å². The molecule has 0 radical (unpaired) electrons. The van der Waals surface area contributed by atoms with E-state index in [1.54, 1.807) is 48.9 Å². The van der Waals surface area contributed by atoms with E-state index >= 15 is 0 Å². The summed E-state index contributed by atoms with van der Waals surface area (Å²) in [5, 5.41) is 14.5. The molecule has 2 aromatic heterocycles.